The predicted octanol–water partition coefficient (Wildman–Crippen LogP) is 2.11. The molecule has 1 aromatic rings. The van der Waals surface area contributed by atoms with E-state index >= 15 is 0 Å². The number of furan rings is 1. The van der Waals surface area contributed by atoms with Gasteiger partial charge >= 0.3 is 11.9 Å². The number of aliphatic hydroxyl groups is 1. The van der Waals surface area contributed by atoms with Crippen LogP contribution in [0.15, 0.2) is 28.5 Å². The maximum absolute atomic E-state index is 13.6. The summed E-state index contributed by atoms with van der Waals surface area (Å²) in [4.78, 5) is 23.2. The number of hydrogen-bond acceptors (Lipinski definition) is 6. The van der Waals surface area contributed by atoms with E-state index < -0.39 is 35.0 Å². The Morgan fingerprint density at radius 3 is 2.61 bits per heavy atom. The molecule has 0 aliphatic heterocycles. The van der Waals surface area contributed by atoms with Gasteiger partial charge in [-0.15, -0.1) is 0 Å². The average Bonchev–Trinajstić information content (AvgIpc) is 2.89. The zero-order chi connectivity index (χ0) is 17.2. The number of hydrogen-bond donors (Lipinski definition) is 1. The summed E-state index contributed by atoms with van der Waals surface area (Å²) in [5.41, 5.74) is -0.498. The lowest BCUT2D eigenvalue weighted by Crippen LogP contribution is -2.10. The zero-order valence-corrected chi connectivity index (χ0v) is 13.2. The Hall–Kier alpha value is -2.15. The summed E-state index contributed by atoms with van der Waals surface area (Å²) < 4.78 is 28.2. The van der Waals surface area contributed by atoms with Crippen molar-refractivity contribution < 1.29 is 33.0 Å². The molecule has 0 amide bonds. The number of esters is 2. The van der Waals surface area contributed by atoms with E-state index in [-0.39, 0.29) is 13.2 Å². The highest BCUT2D eigenvalue weighted by molar-refractivity contribution is 5.86. The molecule has 1 aromatic heterocycles. The van der Waals surface area contributed by atoms with Gasteiger partial charge in [-0.2, -0.15) is 4.39 Å². The first kappa shape index (κ1) is 17.2. The molecular formula is C16H19FO6. The van der Waals surface area contributed by atoms with E-state index in [0.29, 0.717) is 11.5 Å². The lowest BCUT2D eigenvalue weighted by molar-refractivity contribution is -0.148. The largest absolute Gasteiger partial charge is 0.464 e. The van der Waals surface area contributed by atoms with E-state index in [9.17, 15) is 14.0 Å². The second-order valence-electron chi connectivity index (χ2n) is 5.96. The van der Waals surface area contributed by atoms with Crippen LogP contribution in [0, 0.1) is 17.3 Å². The molecule has 0 spiro atoms. The second kappa shape index (κ2) is 6.54. The first-order valence-electron chi connectivity index (χ1n) is 7.12. The van der Waals surface area contributed by atoms with Crippen LogP contribution in [0.1, 0.15) is 25.4 Å². The van der Waals surface area contributed by atoms with Crippen molar-refractivity contribution in [2.75, 3.05) is 7.11 Å². The van der Waals surface area contributed by atoms with Gasteiger partial charge in [-0.1, -0.05) is 13.8 Å². The molecule has 23 heavy (non-hydrogen) atoms. The van der Waals surface area contributed by atoms with Crippen LogP contribution < -0.4 is 0 Å². The molecule has 1 fully saturated rings. The molecule has 2 rings (SSSR count). The number of ether oxygens (including phenoxy) is 2. The van der Waals surface area contributed by atoms with Crippen molar-refractivity contribution in [3.05, 3.63) is 35.6 Å². The SMILES string of the molecule is COC(=O)/C(F)=C/[C@H]1[C@@H](C(=O)OCc2ccc(CO)o2)C1(C)C. The summed E-state index contributed by atoms with van der Waals surface area (Å²) in [6, 6.07) is 3.19. The average molecular weight is 326 g/mol. The lowest BCUT2D eigenvalue weighted by atomic mass is 10.1. The first-order valence-corrected chi connectivity index (χ1v) is 7.12. The Bertz CT molecular complexity index is 630. The molecule has 7 heteroatoms. The Balaban J connectivity index is 1.95. The van der Waals surface area contributed by atoms with Crippen LogP contribution in [0.25, 0.3) is 0 Å². The Kier molecular flexibility index (Phi) is 4.89. The number of carbonyl (C=O) groups is 2. The van der Waals surface area contributed by atoms with Gasteiger partial charge in [0.15, 0.2) is 0 Å². The number of halogens is 1. The third kappa shape index (κ3) is 3.61. The van der Waals surface area contributed by atoms with Gasteiger partial charge in [0.05, 0.1) is 13.0 Å². The molecule has 0 aromatic carbocycles. The Morgan fingerprint density at radius 1 is 1.39 bits per heavy atom. The predicted molar refractivity (Wildman–Crippen MR) is 76.4 cm³/mol. The quantitative estimate of drug-likeness (QED) is 0.636. The fourth-order valence-corrected chi connectivity index (χ4v) is 2.58. The van der Waals surface area contributed by atoms with E-state index in [0.717, 1.165) is 13.2 Å². The van der Waals surface area contributed by atoms with Crippen molar-refractivity contribution in [2.24, 2.45) is 17.3 Å². The summed E-state index contributed by atoms with van der Waals surface area (Å²) in [5, 5.41) is 8.90. The topological polar surface area (TPSA) is 86.0 Å². The minimum Gasteiger partial charge on any atom is -0.464 e. The van der Waals surface area contributed by atoms with Crippen molar-refractivity contribution in [2.45, 2.75) is 27.1 Å². The van der Waals surface area contributed by atoms with Gasteiger partial charge in [0.25, 0.3) is 0 Å². The normalized spacial score (nSPS) is 22.6. The third-order valence-corrected chi connectivity index (χ3v) is 4.10. The molecule has 1 aliphatic rings. The summed E-state index contributed by atoms with van der Waals surface area (Å²) in [6.45, 7) is 3.29. The van der Waals surface area contributed by atoms with Crippen molar-refractivity contribution in [3.8, 4) is 0 Å². The number of carbonyl (C=O) groups excluding carboxylic acids is 2. The molecule has 0 unspecified atom stereocenters. The second-order valence-corrected chi connectivity index (χ2v) is 5.96. The van der Waals surface area contributed by atoms with Crippen LogP contribution >= 0.6 is 0 Å². The number of rotatable bonds is 6. The first-order chi connectivity index (χ1) is 10.8. The third-order valence-electron chi connectivity index (χ3n) is 4.10. The fraction of sp³-hybridized carbons (Fsp3) is 0.500. The molecule has 1 saturated carbocycles. The molecule has 126 valence electrons. The van der Waals surface area contributed by atoms with E-state index in [1.54, 1.807) is 26.0 Å². The van der Waals surface area contributed by atoms with Gasteiger partial charge in [0, 0.05) is 0 Å². The van der Waals surface area contributed by atoms with Crippen LogP contribution in [0.2, 0.25) is 0 Å². The standard InChI is InChI=1S/C16H19FO6/c1-16(2)11(6-12(17)14(19)21-3)13(16)15(20)22-8-10-5-4-9(7-18)23-10/h4-6,11,13,18H,7-8H2,1-3H3/b12-6-/t11-,13-/m0/s1. The summed E-state index contributed by atoms with van der Waals surface area (Å²) in [6.07, 6.45) is 1.11. The molecule has 2 atom stereocenters. The minimum absolute atomic E-state index is 0.0681. The van der Waals surface area contributed by atoms with Crippen molar-refractivity contribution in [3.63, 3.8) is 0 Å². The van der Waals surface area contributed by atoms with Crippen LogP contribution in [0.3, 0.4) is 0 Å². The Morgan fingerprint density at radius 2 is 2.04 bits per heavy atom. The van der Waals surface area contributed by atoms with Crippen molar-refractivity contribution >= 4 is 11.9 Å². The fourth-order valence-electron chi connectivity index (χ4n) is 2.58. The maximum atomic E-state index is 13.6. The molecule has 1 N–H and O–H groups in total. The molecule has 1 aliphatic carbocycles. The van der Waals surface area contributed by atoms with E-state index in [2.05, 4.69) is 4.74 Å². The molecule has 0 radical (unpaired) electrons. The van der Waals surface area contributed by atoms with Gasteiger partial charge < -0.3 is 19.0 Å². The maximum Gasteiger partial charge on any atom is 0.366 e. The lowest BCUT2D eigenvalue weighted by Gasteiger charge is -2.03. The van der Waals surface area contributed by atoms with Gasteiger partial charge in [0.2, 0.25) is 5.83 Å². The van der Waals surface area contributed by atoms with Gasteiger partial charge in [-0.25, -0.2) is 4.79 Å². The monoisotopic (exact) mass is 326 g/mol. The summed E-state index contributed by atoms with van der Waals surface area (Å²) in [7, 11) is 1.09. The molecule has 6 nitrogen and oxygen atoms in total. The highest BCUT2D eigenvalue weighted by Crippen LogP contribution is 2.60. The van der Waals surface area contributed by atoms with Gasteiger partial charge in [-0.3, -0.25) is 4.79 Å². The smallest absolute Gasteiger partial charge is 0.366 e. The highest BCUT2D eigenvalue weighted by Gasteiger charge is 2.62. The van der Waals surface area contributed by atoms with E-state index in [1.807, 2.05) is 0 Å². The Labute approximate surface area is 132 Å². The van der Waals surface area contributed by atoms with Crippen LogP contribution in [0.5, 0.6) is 0 Å². The molecular weight excluding hydrogens is 307 g/mol. The summed E-state index contributed by atoms with van der Waals surface area (Å²) in [5.74, 6) is -2.75. The van der Waals surface area contributed by atoms with E-state index in [1.165, 1.54) is 0 Å². The van der Waals surface area contributed by atoms with Crippen LogP contribution in [-0.4, -0.2) is 24.2 Å². The van der Waals surface area contributed by atoms with E-state index in [4.69, 9.17) is 14.3 Å². The number of aliphatic hydroxyl groups excluding tert-OH is 1. The minimum atomic E-state index is -1.06. The van der Waals surface area contributed by atoms with Crippen LogP contribution in [0.4, 0.5) is 4.39 Å². The molecule has 0 bridgehead atoms. The summed E-state index contributed by atoms with van der Waals surface area (Å²) >= 11 is 0. The van der Waals surface area contributed by atoms with Gasteiger partial charge in [0.1, 0.15) is 24.7 Å². The van der Waals surface area contributed by atoms with Gasteiger partial charge in [-0.05, 0) is 29.5 Å². The zero-order valence-electron chi connectivity index (χ0n) is 13.2. The van der Waals surface area contributed by atoms with Crippen molar-refractivity contribution in [1.29, 1.82) is 0 Å². The van der Waals surface area contributed by atoms with Crippen molar-refractivity contribution in [1.82, 2.24) is 0 Å². The highest BCUT2D eigenvalue weighted by atomic mass is 19.1. The van der Waals surface area contributed by atoms with Crippen LogP contribution in [-0.2, 0) is 32.3 Å². The molecule has 1 heterocycles. The number of methoxy groups -OCH3 is 1. The molecule has 0 saturated heterocycles. The number of allylic oxidation sites excluding steroid dienone is 1.